The van der Waals surface area contributed by atoms with Crippen molar-refractivity contribution in [2.75, 3.05) is 25.1 Å². The molecule has 2 heterocycles. The Kier molecular flexibility index (Phi) is 4.27. The van der Waals surface area contributed by atoms with Crippen LogP contribution in [0.2, 0.25) is 0 Å². The molecule has 3 aliphatic rings. The summed E-state index contributed by atoms with van der Waals surface area (Å²) in [6.45, 7) is 0.246. The molecule has 2 aliphatic heterocycles. The Labute approximate surface area is 174 Å². The first-order valence-corrected chi connectivity index (χ1v) is 10.2. The smallest absolute Gasteiger partial charge is 0.325 e. The lowest BCUT2D eigenvalue weighted by Gasteiger charge is -2.31. The molecule has 1 saturated heterocycles. The van der Waals surface area contributed by atoms with Gasteiger partial charge in [0.15, 0.2) is 0 Å². The van der Waals surface area contributed by atoms with Crippen molar-refractivity contribution >= 4 is 23.5 Å². The Morgan fingerprint density at radius 2 is 1.90 bits per heavy atom. The third kappa shape index (κ3) is 2.61. The highest BCUT2D eigenvalue weighted by Crippen LogP contribution is 2.41. The molecular weight excluding hydrogens is 382 g/mol. The number of amides is 4. The first kappa shape index (κ1) is 18.7. The molecule has 4 amide bonds. The van der Waals surface area contributed by atoms with Gasteiger partial charge in [-0.15, -0.1) is 0 Å². The number of carbonyl (C=O) groups is 3. The number of aryl methyl sites for hydroxylation is 2. The summed E-state index contributed by atoms with van der Waals surface area (Å²) < 4.78 is 5.47. The Bertz CT molecular complexity index is 1050. The second-order valence-electron chi connectivity index (χ2n) is 8.00. The van der Waals surface area contributed by atoms with Crippen LogP contribution in [0.5, 0.6) is 5.75 Å². The number of hydrogen-bond acceptors (Lipinski definition) is 4. The predicted octanol–water partition coefficient (Wildman–Crippen LogP) is 2.37. The van der Waals surface area contributed by atoms with Gasteiger partial charge in [0.2, 0.25) is 5.91 Å². The summed E-state index contributed by atoms with van der Waals surface area (Å²) in [4.78, 5) is 42.0. The van der Waals surface area contributed by atoms with Crippen molar-refractivity contribution in [3.63, 3.8) is 0 Å². The fourth-order valence-electron chi connectivity index (χ4n) is 4.98. The average molecular weight is 405 g/mol. The Morgan fingerprint density at radius 3 is 2.73 bits per heavy atom. The van der Waals surface area contributed by atoms with Crippen molar-refractivity contribution in [2.45, 2.75) is 31.2 Å². The molecule has 1 aliphatic carbocycles. The highest BCUT2D eigenvalue weighted by Gasteiger charge is 2.55. The maximum absolute atomic E-state index is 13.3. The molecule has 1 unspecified atom stereocenters. The van der Waals surface area contributed by atoms with Crippen LogP contribution in [0.4, 0.5) is 10.5 Å². The molecule has 30 heavy (non-hydrogen) atoms. The van der Waals surface area contributed by atoms with Gasteiger partial charge in [0.1, 0.15) is 17.8 Å². The lowest BCUT2D eigenvalue weighted by atomic mass is 9.92. The molecule has 0 radical (unpaired) electrons. The number of para-hydroxylation sites is 1. The minimum absolute atomic E-state index is 0.285. The molecule has 7 heteroatoms. The molecule has 0 aromatic heterocycles. The normalized spacial score (nSPS) is 22.2. The van der Waals surface area contributed by atoms with Crippen molar-refractivity contribution < 1.29 is 19.1 Å². The van der Waals surface area contributed by atoms with Crippen LogP contribution in [0.3, 0.4) is 0 Å². The van der Waals surface area contributed by atoms with E-state index >= 15 is 0 Å². The molecule has 7 nitrogen and oxygen atoms in total. The van der Waals surface area contributed by atoms with Gasteiger partial charge >= 0.3 is 6.03 Å². The quantitative estimate of drug-likeness (QED) is 0.796. The van der Waals surface area contributed by atoms with Gasteiger partial charge < -0.3 is 15.0 Å². The molecular formula is C23H23N3O4. The van der Waals surface area contributed by atoms with Gasteiger partial charge in [0.25, 0.3) is 5.91 Å². The zero-order valence-electron chi connectivity index (χ0n) is 16.8. The van der Waals surface area contributed by atoms with Gasteiger partial charge in [-0.3, -0.25) is 14.5 Å². The number of ether oxygens (including phenoxy) is 1. The molecule has 1 spiro atoms. The van der Waals surface area contributed by atoms with Crippen molar-refractivity contribution in [1.82, 2.24) is 10.2 Å². The van der Waals surface area contributed by atoms with Crippen molar-refractivity contribution in [2.24, 2.45) is 0 Å². The number of carbonyl (C=O) groups excluding carboxylic acids is 3. The van der Waals surface area contributed by atoms with E-state index in [1.54, 1.807) is 12.0 Å². The highest BCUT2D eigenvalue weighted by molar-refractivity contribution is 6.11. The molecule has 1 fully saturated rings. The van der Waals surface area contributed by atoms with Crippen LogP contribution in [0.15, 0.2) is 42.5 Å². The van der Waals surface area contributed by atoms with E-state index in [1.807, 2.05) is 42.5 Å². The second kappa shape index (κ2) is 6.86. The third-order valence-electron chi connectivity index (χ3n) is 6.42. The number of fused-ring (bicyclic) bond motifs is 3. The Balaban J connectivity index is 1.42. The van der Waals surface area contributed by atoms with Gasteiger partial charge in [-0.2, -0.15) is 0 Å². The standard InChI is InChI=1S/C23H23N3O4/c1-30-18-10-4-7-16-8-5-13-25(20(16)18)19(27)14-26-21(28)23(24-22(26)29)12-11-15-6-2-3-9-17(15)23/h2-4,6-7,9-10H,5,8,11-14H2,1H3,(H,24,29). The number of methoxy groups -OCH3 is 1. The van der Waals surface area contributed by atoms with Gasteiger partial charge in [-0.1, -0.05) is 36.4 Å². The number of urea groups is 1. The predicted molar refractivity (Wildman–Crippen MR) is 110 cm³/mol. The summed E-state index contributed by atoms with van der Waals surface area (Å²) >= 11 is 0. The van der Waals surface area contributed by atoms with Crippen LogP contribution in [0.25, 0.3) is 0 Å². The number of benzene rings is 2. The van der Waals surface area contributed by atoms with Crippen LogP contribution in [0.1, 0.15) is 29.5 Å². The van der Waals surface area contributed by atoms with Crippen LogP contribution in [-0.2, 0) is 28.0 Å². The molecule has 2 aromatic carbocycles. The summed E-state index contributed by atoms with van der Waals surface area (Å²) in [7, 11) is 1.58. The molecule has 0 saturated carbocycles. The maximum atomic E-state index is 13.3. The summed E-state index contributed by atoms with van der Waals surface area (Å²) in [6.07, 6.45) is 2.92. The molecule has 154 valence electrons. The number of rotatable bonds is 3. The van der Waals surface area contributed by atoms with E-state index in [0.29, 0.717) is 18.7 Å². The van der Waals surface area contributed by atoms with Gasteiger partial charge in [-0.05, 0) is 48.4 Å². The summed E-state index contributed by atoms with van der Waals surface area (Å²) in [5, 5.41) is 2.88. The van der Waals surface area contributed by atoms with E-state index in [-0.39, 0.29) is 18.4 Å². The Hall–Kier alpha value is -3.35. The molecule has 1 atom stereocenters. The van der Waals surface area contributed by atoms with E-state index in [2.05, 4.69) is 5.32 Å². The topological polar surface area (TPSA) is 79.0 Å². The number of nitrogens with one attached hydrogen (secondary N) is 1. The highest BCUT2D eigenvalue weighted by atomic mass is 16.5. The minimum atomic E-state index is -1.05. The summed E-state index contributed by atoms with van der Waals surface area (Å²) in [5.41, 5.74) is 2.62. The first-order valence-electron chi connectivity index (χ1n) is 10.2. The average Bonchev–Trinajstić information content (AvgIpc) is 3.26. The second-order valence-corrected chi connectivity index (χ2v) is 8.00. The van der Waals surface area contributed by atoms with Crippen molar-refractivity contribution in [1.29, 1.82) is 0 Å². The number of nitrogens with zero attached hydrogens (tertiary/aromatic N) is 2. The number of hydrogen-bond donors (Lipinski definition) is 1. The summed E-state index contributed by atoms with van der Waals surface area (Å²) in [6, 6.07) is 12.9. The molecule has 5 rings (SSSR count). The van der Waals surface area contributed by atoms with Crippen molar-refractivity contribution in [3.8, 4) is 5.75 Å². The lowest BCUT2D eigenvalue weighted by molar-refractivity contribution is -0.134. The van der Waals surface area contributed by atoms with E-state index < -0.39 is 11.6 Å². The van der Waals surface area contributed by atoms with E-state index in [9.17, 15) is 14.4 Å². The fourth-order valence-corrected chi connectivity index (χ4v) is 4.98. The van der Waals surface area contributed by atoms with Crippen molar-refractivity contribution in [3.05, 3.63) is 59.2 Å². The van der Waals surface area contributed by atoms with E-state index in [1.165, 1.54) is 0 Å². The van der Waals surface area contributed by atoms with Gasteiger partial charge in [-0.25, -0.2) is 4.79 Å². The number of imide groups is 1. The molecule has 2 aromatic rings. The minimum Gasteiger partial charge on any atom is -0.495 e. The molecule has 0 bridgehead atoms. The van der Waals surface area contributed by atoms with Gasteiger partial charge in [0.05, 0.1) is 12.8 Å². The van der Waals surface area contributed by atoms with Crippen LogP contribution >= 0.6 is 0 Å². The Morgan fingerprint density at radius 1 is 1.10 bits per heavy atom. The van der Waals surface area contributed by atoms with E-state index in [4.69, 9.17) is 4.74 Å². The number of anilines is 1. The lowest BCUT2D eigenvalue weighted by Crippen LogP contribution is -2.46. The molecule has 1 N–H and O–H groups in total. The summed E-state index contributed by atoms with van der Waals surface area (Å²) in [5.74, 6) is -0.00529. The largest absolute Gasteiger partial charge is 0.495 e. The van der Waals surface area contributed by atoms with Crippen LogP contribution in [-0.4, -0.2) is 42.9 Å². The zero-order chi connectivity index (χ0) is 20.9. The third-order valence-corrected chi connectivity index (χ3v) is 6.42. The van der Waals surface area contributed by atoms with Crippen LogP contribution in [0, 0.1) is 0 Å². The SMILES string of the molecule is COc1cccc2c1N(C(=O)CN1C(=O)NC3(CCc4ccccc43)C1=O)CCC2. The van der Waals surface area contributed by atoms with E-state index in [0.717, 1.165) is 46.5 Å². The first-order chi connectivity index (χ1) is 14.5. The van der Waals surface area contributed by atoms with Crippen LogP contribution < -0.4 is 15.0 Å². The van der Waals surface area contributed by atoms with Gasteiger partial charge in [0, 0.05) is 6.54 Å². The maximum Gasteiger partial charge on any atom is 0.325 e. The monoisotopic (exact) mass is 405 g/mol. The fraction of sp³-hybridized carbons (Fsp3) is 0.348. The zero-order valence-corrected chi connectivity index (χ0v) is 16.8.